The topological polar surface area (TPSA) is 58.2 Å². The number of carbonyl (C=O) groups is 1. The minimum Gasteiger partial charge on any atom is -0.444 e. The summed E-state index contributed by atoms with van der Waals surface area (Å²) in [4.78, 5) is 21.5. The van der Waals surface area contributed by atoms with Gasteiger partial charge in [-0.2, -0.15) is 8.78 Å². The Balaban J connectivity index is 1.74. The molecule has 1 atom stereocenters. The van der Waals surface area contributed by atoms with E-state index in [4.69, 9.17) is 4.74 Å². The molecule has 0 spiro atoms. The van der Waals surface area contributed by atoms with Crippen molar-refractivity contribution in [2.24, 2.45) is 0 Å². The van der Waals surface area contributed by atoms with Crippen LogP contribution in [-0.2, 0) is 17.6 Å². The van der Waals surface area contributed by atoms with Crippen LogP contribution in [0.1, 0.15) is 43.9 Å². The maximum Gasteiger partial charge on any atom is 0.411 e. The number of hydrogen-bond donors (Lipinski definition) is 1. The molecule has 1 fully saturated rings. The SMILES string of the molecule is C=C1[C@@H](c2nc3c([nH]2)CCc2cc(Br)ccc2-3)N(C(=O)OC(C)(C)C)CC1(F)F. The van der Waals surface area contributed by atoms with Gasteiger partial charge in [-0.05, 0) is 51.3 Å². The number of nitrogens with zero attached hydrogens (tertiary/aromatic N) is 2. The molecule has 0 radical (unpaired) electrons. The molecule has 0 bridgehead atoms. The number of benzene rings is 1. The van der Waals surface area contributed by atoms with E-state index in [0.29, 0.717) is 12.2 Å². The molecule has 2 aliphatic rings. The molecule has 8 heteroatoms. The number of carbonyl (C=O) groups excluding carboxylic acids is 1. The first kappa shape index (κ1) is 20.1. The van der Waals surface area contributed by atoms with Crippen LogP contribution in [0.3, 0.4) is 0 Å². The number of imidazole rings is 1. The van der Waals surface area contributed by atoms with Crippen molar-refractivity contribution in [3.63, 3.8) is 0 Å². The Morgan fingerprint density at radius 2 is 2.10 bits per heavy atom. The summed E-state index contributed by atoms with van der Waals surface area (Å²) in [5.74, 6) is -2.92. The zero-order valence-corrected chi connectivity index (χ0v) is 18.1. The van der Waals surface area contributed by atoms with E-state index >= 15 is 0 Å². The maximum absolute atomic E-state index is 14.5. The van der Waals surface area contributed by atoms with Crippen molar-refractivity contribution in [1.82, 2.24) is 14.9 Å². The zero-order valence-electron chi connectivity index (χ0n) is 16.5. The van der Waals surface area contributed by atoms with E-state index in [1.165, 1.54) is 0 Å². The van der Waals surface area contributed by atoms with Gasteiger partial charge in [-0.25, -0.2) is 9.78 Å². The monoisotopic (exact) mass is 465 g/mol. The Bertz CT molecular complexity index is 1010. The van der Waals surface area contributed by atoms with Gasteiger partial charge in [0, 0.05) is 21.3 Å². The summed E-state index contributed by atoms with van der Waals surface area (Å²) in [5, 5.41) is 0. The summed E-state index contributed by atoms with van der Waals surface area (Å²) in [5.41, 5.74) is 2.57. The lowest BCUT2D eigenvalue weighted by molar-refractivity contribution is 0.00541. The zero-order chi connectivity index (χ0) is 21.1. The van der Waals surface area contributed by atoms with Gasteiger partial charge in [0.25, 0.3) is 5.92 Å². The molecule has 1 aromatic carbocycles. The van der Waals surface area contributed by atoms with E-state index in [0.717, 1.165) is 38.3 Å². The Morgan fingerprint density at radius 3 is 2.79 bits per heavy atom. The first-order valence-corrected chi connectivity index (χ1v) is 10.2. The first-order valence-electron chi connectivity index (χ1n) is 9.40. The smallest absolute Gasteiger partial charge is 0.411 e. The fraction of sp³-hybridized carbons (Fsp3) is 0.429. The number of likely N-dealkylation sites (tertiary alicyclic amines) is 1. The largest absolute Gasteiger partial charge is 0.444 e. The number of fused-ring (bicyclic) bond motifs is 3. The van der Waals surface area contributed by atoms with Crippen LogP contribution in [0.4, 0.5) is 13.6 Å². The molecule has 0 saturated carbocycles. The Labute approximate surface area is 176 Å². The van der Waals surface area contributed by atoms with Crippen LogP contribution in [0, 0.1) is 0 Å². The molecule has 2 heterocycles. The van der Waals surface area contributed by atoms with Crippen LogP contribution in [0.25, 0.3) is 11.3 Å². The molecule has 29 heavy (non-hydrogen) atoms. The summed E-state index contributed by atoms with van der Waals surface area (Å²) < 4.78 is 35.3. The van der Waals surface area contributed by atoms with Gasteiger partial charge in [0.05, 0.1) is 12.2 Å². The number of aromatic nitrogens is 2. The number of H-pyrrole nitrogens is 1. The molecule has 2 aromatic rings. The summed E-state index contributed by atoms with van der Waals surface area (Å²) in [6.45, 7) is 7.91. The molecule has 0 unspecified atom stereocenters. The normalized spacial score (nSPS) is 20.4. The van der Waals surface area contributed by atoms with Gasteiger partial charge in [0.2, 0.25) is 0 Å². The van der Waals surface area contributed by atoms with E-state index < -0.39 is 30.2 Å². The van der Waals surface area contributed by atoms with Gasteiger partial charge in [0.1, 0.15) is 17.5 Å². The number of hydrogen-bond acceptors (Lipinski definition) is 3. The average molecular weight is 466 g/mol. The second-order valence-electron chi connectivity index (χ2n) is 8.49. The number of rotatable bonds is 1. The molecule has 1 aliphatic heterocycles. The standard InChI is InChI=1S/C21H22BrF2N3O2/c1-11-17(27(10-21(11,23)24)19(28)29-20(2,3)4)18-25-15-8-5-12-9-13(22)6-7-14(12)16(15)26-18/h6-7,9,17H,1,5,8,10H2,2-4H3,(H,25,26)/t17-/m0/s1. The third kappa shape index (κ3) is 3.58. The van der Waals surface area contributed by atoms with Crippen molar-refractivity contribution >= 4 is 22.0 Å². The molecule has 1 amide bonds. The van der Waals surface area contributed by atoms with E-state index in [1.807, 2.05) is 18.2 Å². The van der Waals surface area contributed by atoms with Crippen LogP contribution >= 0.6 is 15.9 Å². The van der Waals surface area contributed by atoms with Crippen molar-refractivity contribution < 1.29 is 18.3 Å². The molecule has 4 rings (SSSR count). The summed E-state index contributed by atoms with van der Waals surface area (Å²) in [6, 6.07) is 4.87. The predicted molar refractivity (Wildman–Crippen MR) is 109 cm³/mol. The van der Waals surface area contributed by atoms with Gasteiger partial charge in [-0.1, -0.05) is 28.6 Å². The third-order valence-corrected chi connectivity index (χ3v) is 5.62. The number of alkyl halides is 2. The number of aromatic amines is 1. The summed E-state index contributed by atoms with van der Waals surface area (Å²) >= 11 is 3.48. The summed E-state index contributed by atoms with van der Waals surface area (Å²) in [6.07, 6.45) is 0.730. The molecular weight excluding hydrogens is 444 g/mol. The lowest BCUT2D eigenvalue weighted by atomic mass is 9.92. The Kier molecular flexibility index (Phi) is 4.60. The van der Waals surface area contributed by atoms with Gasteiger partial charge in [-0.3, -0.25) is 4.90 Å². The van der Waals surface area contributed by atoms with Crippen molar-refractivity contribution in [3.8, 4) is 11.3 Å². The average Bonchev–Trinajstić information content (AvgIpc) is 3.12. The Morgan fingerprint density at radius 1 is 1.38 bits per heavy atom. The molecule has 1 aliphatic carbocycles. The van der Waals surface area contributed by atoms with Crippen molar-refractivity contribution in [2.75, 3.05) is 6.54 Å². The number of halogens is 3. The van der Waals surface area contributed by atoms with Crippen LogP contribution in [-0.4, -0.2) is 39.0 Å². The molecule has 1 N–H and O–H groups in total. The van der Waals surface area contributed by atoms with E-state index in [2.05, 4.69) is 32.5 Å². The molecule has 1 saturated heterocycles. The van der Waals surface area contributed by atoms with Crippen LogP contribution < -0.4 is 0 Å². The van der Waals surface area contributed by atoms with Crippen LogP contribution in [0.5, 0.6) is 0 Å². The lowest BCUT2D eigenvalue weighted by Crippen LogP contribution is -2.38. The first-order chi connectivity index (χ1) is 13.5. The second kappa shape index (κ2) is 6.65. The fourth-order valence-corrected chi connectivity index (χ4v) is 4.23. The second-order valence-corrected chi connectivity index (χ2v) is 9.41. The maximum atomic E-state index is 14.5. The van der Waals surface area contributed by atoms with Gasteiger partial charge < -0.3 is 9.72 Å². The van der Waals surface area contributed by atoms with Gasteiger partial charge in [0.15, 0.2) is 0 Å². The number of nitrogens with one attached hydrogen (secondary N) is 1. The highest BCUT2D eigenvalue weighted by Gasteiger charge is 2.53. The van der Waals surface area contributed by atoms with Crippen LogP contribution in [0.2, 0.25) is 0 Å². The van der Waals surface area contributed by atoms with E-state index in [9.17, 15) is 13.6 Å². The van der Waals surface area contributed by atoms with Crippen LogP contribution in [0.15, 0.2) is 34.8 Å². The van der Waals surface area contributed by atoms with Gasteiger partial charge >= 0.3 is 6.09 Å². The minimum atomic E-state index is -3.21. The lowest BCUT2D eigenvalue weighted by Gasteiger charge is -2.27. The Hall–Kier alpha value is -2.22. The van der Waals surface area contributed by atoms with E-state index in [1.54, 1.807) is 20.8 Å². The van der Waals surface area contributed by atoms with Gasteiger partial charge in [-0.15, -0.1) is 0 Å². The molecule has 154 valence electrons. The van der Waals surface area contributed by atoms with E-state index in [-0.39, 0.29) is 5.57 Å². The predicted octanol–water partition coefficient (Wildman–Crippen LogP) is 5.42. The van der Waals surface area contributed by atoms with Crippen molar-refractivity contribution in [2.45, 2.75) is 51.2 Å². The molecule has 5 nitrogen and oxygen atoms in total. The molecule has 1 aromatic heterocycles. The highest BCUT2D eigenvalue weighted by atomic mass is 79.9. The third-order valence-electron chi connectivity index (χ3n) is 5.13. The highest BCUT2D eigenvalue weighted by Crippen LogP contribution is 2.46. The number of amides is 1. The number of aryl methyl sites for hydroxylation is 2. The van der Waals surface area contributed by atoms with Crippen molar-refractivity contribution in [3.05, 3.63) is 51.9 Å². The summed E-state index contributed by atoms with van der Waals surface area (Å²) in [7, 11) is 0. The quantitative estimate of drug-likeness (QED) is 0.571. The van der Waals surface area contributed by atoms with Crippen molar-refractivity contribution in [1.29, 1.82) is 0 Å². The fourth-order valence-electron chi connectivity index (χ4n) is 3.82. The molecular formula is C21H22BrF2N3O2. The minimum absolute atomic E-state index is 0.291. The number of ether oxygens (including phenoxy) is 1. The highest BCUT2D eigenvalue weighted by molar-refractivity contribution is 9.10.